The number of hydrogen-bond donors (Lipinski definition) is 0. The molecule has 18 heavy (non-hydrogen) atoms. The summed E-state index contributed by atoms with van der Waals surface area (Å²) in [6.45, 7) is 6.33. The lowest BCUT2D eigenvalue weighted by molar-refractivity contribution is 0.255. The average molecular weight is 242 g/mol. The van der Waals surface area contributed by atoms with E-state index in [4.69, 9.17) is 0 Å². The SMILES string of the molecule is CN1CCC(c2cccc(C(C)(C)C#N)c2)CC1. The van der Waals surface area contributed by atoms with Crippen molar-refractivity contribution in [2.75, 3.05) is 20.1 Å². The van der Waals surface area contributed by atoms with Crippen molar-refractivity contribution in [2.24, 2.45) is 0 Å². The molecule has 0 atom stereocenters. The van der Waals surface area contributed by atoms with E-state index in [2.05, 4.69) is 42.3 Å². The Bertz CT molecular complexity index is 448. The molecule has 0 spiro atoms. The van der Waals surface area contributed by atoms with Gasteiger partial charge in [0.25, 0.3) is 0 Å². The Hall–Kier alpha value is -1.33. The van der Waals surface area contributed by atoms with Gasteiger partial charge in [-0.2, -0.15) is 5.26 Å². The highest BCUT2D eigenvalue weighted by Gasteiger charge is 2.23. The van der Waals surface area contributed by atoms with Crippen LogP contribution < -0.4 is 0 Å². The monoisotopic (exact) mass is 242 g/mol. The summed E-state index contributed by atoms with van der Waals surface area (Å²) < 4.78 is 0. The third-order valence-corrected chi connectivity index (χ3v) is 4.08. The molecule has 0 aromatic heterocycles. The molecule has 0 aliphatic carbocycles. The molecule has 0 radical (unpaired) electrons. The summed E-state index contributed by atoms with van der Waals surface area (Å²) >= 11 is 0. The van der Waals surface area contributed by atoms with Gasteiger partial charge >= 0.3 is 0 Å². The Morgan fingerprint density at radius 2 is 1.94 bits per heavy atom. The van der Waals surface area contributed by atoms with Crippen LogP contribution in [0.3, 0.4) is 0 Å². The number of rotatable bonds is 2. The fourth-order valence-corrected chi connectivity index (χ4v) is 2.59. The molecule has 96 valence electrons. The van der Waals surface area contributed by atoms with Gasteiger partial charge in [0.2, 0.25) is 0 Å². The molecule has 0 amide bonds. The van der Waals surface area contributed by atoms with Gasteiger partial charge in [0.1, 0.15) is 0 Å². The molecule has 1 heterocycles. The Morgan fingerprint density at radius 3 is 2.56 bits per heavy atom. The number of hydrogen-bond acceptors (Lipinski definition) is 2. The molecular weight excluding hydrogens is 220 g/mol. The zero-order valence-corrected chi connectivity index (χ0v) is 11.6. The molecule has 1 aliphatic heterocycles. The van der Waals surface area contributed by atoms with Crippen LogP contribution in [0.4, 0.5) is 0 Å². The van der Waals surface area contributed by atoms with Gasteiger partial charge in [-0.1, -0.05) is 24.3 Å². The van der Waals surface area contributed by atoms with Crippen molar-refractivity contribution < 1.29 is 0 Å². The van der Waals surface area contributed by atoms with Crippen molar-refractivity contribution in [1.29, 1.82) is 5.26 Å². The minimum absolute atomic E-state index is 0.387. The Balaban J connectivity index is 2.20. The number of benzene rings is 1. The topological polar surface area (TPSA) is 27.0 Å². The standard InChI is InChI=1S/C16H22N2/c1-16(2,12-17)15-6-4-5-14(11-15)13-7-9-18(3)10-8-13/h4-6,11,13H,7-10H2,1-3H3. The van der Waals surface area contributed by atoms with Crippen LogP contribution in [0.1, 0.15) is 43.7 Å². The summed E-state index contributed by atoms with van der Waals surface area (Å²) in [6.07, 6.45) is 2.46. The van der Waals surface area contributed by atoms with E-state index < -0.39 is 0 Å². The summed E-state index contributed by atoms with van der Waals surface area (Å²) in [7, 11) is 2.19. The maximum absolute atomic E-state index is 9.23. The van der Waals surface area contributed by atoms with Crippen LogP contribution in [-0.4, -0.2) is 25.0 Å². The van der Waals surface area contributed by atoms with Gasteiger partial charge in [-0.3, -0.25) is 0 Å². The highest BCUT2D eigenvalue weighted by molar-refractivity contribution is 5.35. The number of likely N-dealkylation sites (tertiary alicyclic amines) is 1. The van der Waals surface area contributed by atoms with Gasteiger partial charge in [0.15, 0.2) is 0 Å². The first kappa shape index (κ1) is 13.1. The predicted molar refractivity (Wildman–Crippen MR) is 74.6 cm³/mol. The summed E-state index contributed by atoms with van der Waals surface area (Å²) in [5.74, 6) is 0.663. The van der Waals surface area contributed by atoms with Crippen LogP contribution in [-0.2, 0) is 5.41 Å². The maximum Gasteiger partial charge on any atom is 0.0766 e. The first-order chi connectivity index (χ1) is 8.53. The molecule has 1 aromatic carbocycles. The van der Waals surface area contributed by atoms with E-state index >= 15 is 0 Å². The molecule has 1 fully saturated rings. The zero-order chi connectivity index (χ0) is 13.2. The highest BCUT2D eigenvalue weighted by Crippen LogP contribution is 2.31. The van der Waals surface area contributed by atoms with Crippen molar-refractivity contribution in [1.82, 2.24) is 4.90 Å². The summed E-state index contributed by atoms with van der Waals surface area (Å²) in [5.41, 5.74) is 2.16. The quantitative estimate of drug-likeness (QED) is 0.795. The van der Waals surface area contributed by atoms with Gasteiger partial charge in [0, 0.05) is 0 Å². The second-order valence-corrected chi connectivity index (χ2v) is 5.94. The lowest BCUT2D eigenvalue weighted by atomic mass is 9.82. The van der Waals surface area contributed by atoms with Gasteiger partial charge in [0.05, 0.1) is 11.5 Å². The fourth-order valence-electron chi connectivity index (χ4n) is 2.59. The van der Waals surface area contributed by atoms with Crippen LogP contribution >= 0.6 is 0 Å². The molecule has 0 unspecified atom stereocenters. The van der Waals surface area contributed by atoms with E-state index in [1.807, 2.05) is 13.8 Å². The fraction of sp³-hybridized carbons (Fsp3) is 0.562. The van der Waals surface area contributed by atoms with Gasteiger partial charge in [-0.25, -0.2) is 0 Å². The molecule has 0 N–H and O–H groups in total. The van der Waals surface area contributed by atoms with Crippen LogP contribution in [0.5, 0.6) is 0 Å². The van der Waals surface area contributed by atoms with E-state index in [1.165, 1.54) is 31.5 Å². The second kappa shape index (κ2) is 5.12. The Labute approximate surface area is 110 Å². The summed E-state index contributed by atoms with van der Waals surface area (Å²) in [5, 5.41) is 9.23. The van der Waals surface area contributed by atoms with Crippen LogP contribution in [0.25, 0.3) is 0 Å². The Morgan fingerprint density at radius 1 is 1.28 bits per heavy atom. The largest absolute Gasteiger partial charge is 0.306 e. The summed E-state index contributed by atoms with van der Waals surface area (Å²) in [4.78, 5) is 2.39. The number of nitrogens with zero attached hydrogens (tertiary/aromatic N) is 2. The zero-order valence-electron chi connectivity index (χ0n) is 11.6. The normalized spacial score (nSPS) is 18.6. The lowest BCUT2D eigenvalue weighted by Gasteiger charge is -2.30. The van der Waals surface area contributed by atoms with Gasteiger partial charge in [-0.15, -0.1) is 0 Å². The minimum Gasteiger partial charge on any atom is -0.306 e. The first-order valence-corrected chi connectivity index (χ1v) is 6.73. The van der Waals surface area contributed by atoms with E-state index in [9.17, 15) is 5.26 Å². The van der Waals surface area contributed by atoms with Crippen LogP contribution in [0, 0.1) is 11.3 Å². The van der Waals surface area contributed by atoms with Crippen LogP contribution in [0.15, 0.2) is 24.3 Å². The molecule has 2 nitrogen and oxygen atoms in total. The molecule has 2 heteroatoms. The molecule has 1 aromatic rings. The van der Waals surface area contributed by atoms with Crippen molar-refractivity contribution in [3.05, 3.63) is 35.4 Å². The number of piperidine rings is 1. The third kappa shape index (κ3) is 2.73. The molecule has 1 saturated heterocycles. The Kier molecular flexibility index (Phi) is 3.73. The highest BCUT2D eigenvalue weighted by atomic mass is 15.1. The maximum atomic E-state index is 9.23. The van der Waals surface area contributed by atoms with Crippen LogP contribution in [0.2, 0.25) is 0 Å². The third-order valence-electron chi connectivity index (χ3n) is 4.08. The van der Waals surface area contributed by atoms with Crippen molar-refractivity contribution in [3.8, 4) is 6.07 Å². The van der Waals surface area contributed by atoms with E-state index in [-0.39, 0.29) is 5.41 Å². The number of nitriles is 1. The minimum atomic E-state index is -0.387. The van der Waals surface area contributed by atoms with Crippen molar-refractivity contribution in [3.63, 3.8) is 0 Å². The van der Waals surface area contributed by atoms with Gasteiger partial charge < -0.3 is 4.90 Å². The van der Waals surface area contributed by atoms with E-state index in [0.717, 1.165) is 5.56 Å². The van der Waals surface area contributed by atoms with Crippen molar-refractivity contribution in [2.45, 2.75) is 38.0 Å². The predicted octanol–water partition coefficient (Wildman–Crippen LogP) is 3.30. The van der Waals surface area contributed by atoms with E-state index in [0.29, 0.717) is 5.92 Å². The first-order valence-electron chi connectivity index (χ1n) is 6.73. The molecule has 0 bridgehead atoms. The molecule has 1 aliphatic rings. The average Bonchev–Trinajstić information content (AvgIpc) is 2.40. The molecule has 2 rings (SSSR count). The van der Waals surface area contributed by atoms with E-state index in [1.54, 1.807) is 0 Å². The smallest absolute Gasteiger partial charge is 0.0766 e. The van der Waals surface area contributed by atoms with Crippen molar-refractivity contribution >= 4 is 0 Å². The molecule has 0 saturated carbocycles. The molecular formula is C16H22N2. The lowest BCUT2D eigenvalue weighted by Crippen LogP contribution is -2.29. The van der Waals surface area contributed by atoms with Gasteiger partial charge in [-0.05, 0) is 63.9 Å². The second-order valence-electron chi connectivity index (χ2n) is 5.94. The summed E-state index contributed by atoms with van der Waals surface area (Å²) in [6, 6.07) is 11.0.